The molecular formula is C21H18FNO3. The first kappa shape index (κ1) is 17.5. The van der Waals surface area contributed by atoms with Crippen LogP contribution in [0.2, 0.25) is 0 Å². The molecule has 0 unspecified atom stereocenters. The molecule has 0 amide bonds. The van der Waals surface area contributed by atoms with Gasteiger partial charge in [-0.05, 0) is 66.4 Å². The number of hydrogen-bond donors (Lipinski definition) is 3. The van der Waals surface area contributed by atoms with Gasteiger partial charge in [0.25, 0.3) is 0 Å². The van der Waals surface area contributed by atoms with Gasteiger partial charge in [0.15, 0.2) is 0 Å². The normalized spacial score (nSPS) is 10.5. The number of anilines is 2. The Kier molecular flexibility index (Phi) is 5.17. The maximum absolute atomic E-state index is 13.0. The van der Waals surface area contributed by atoms with Crippen molar-refractivity contribution >= 4 is 17.3 Å². The summed E-state index contributed by atoms with van der Waals surface area (Å²) in [6.07, 6.45) is 1.28. The molecule has 3 rings (SSSR count). The van der Waals surface area contributed by atoms with Crippen LogP contribution in [0.5, 0.6) is 5.75 Å². The van der Waals surface area contributed by atoms with E-state index in [1.807, 2.05) is 12.1 Å². The average Bonchev–Trinajstić information content (AvgIpc) is 2.63. The summed E-state index contributed by atoms with van der Waals surface area (Å²) in [4.78, 5) is 11.5. The maximum atomic E-state index is 13.0. The predicted molar refractivity (Wildman–Crippen MR) is 98.6 cm³/mol. The second-order valence-corrected chi connectivity index (χ2v) is 5.95. The largest absolute Gasteiger partial charge is 0.508 e. The predicted octanol–water partition coefficient (Wildman–Crippen LogP) is 4.76. The molecule has 0 bridgehead atoms. The molecule has 0 radical (unpaired) electrons. The molecule has 0 spiro atoms. The number of carboxylic acid groups (broad SMARTS) is 1. The van der Waals surface area contributed by atoms with Gasteiger partial charge in [-0.2, -0.15) is 0 Å². The lowest BCUT2D eigenvalue weighted by molar-refractivity contribution is 0.0698. The van der Waals surface area contributed by atoms with E-state index in [1.165, 1.54) is 12.1 Å². The molecule has 3 aromatic rings. The third-order valence-electron chi connectivity index (χ3n) is 4.11. The average molecular weight is 351 g/mol. The summed E-state index contributed by atoms with van der Waals surface area (Å²) in [6, 6.07) is 17.9. The highest BCUT2D eigenvalue weighted by molar-refractivity contribution is 5.95. The first-order chi connectivity index (χ1) is 12.5. The molecule has 26 heavy (non-hydrogen) atoms. The highest BCUT2D eigenvalue weighted by Crippen LogP contribution is 2.25. The number of phenols is 1. The van der Waals surface area contributed by atoms with Crippen LogP contribution in [0.25, 0.3) is 0 Å². The fourth-order valence-electron chi connectivity index (χ4n) is 2.73. The quantitative estimate of drug-likeness (QED) is 0.599. The zero-order valence-corrected chi connectivity index (χ0v) is 13.9. The van der Waals surface area contributed by atoms with Crippen molar-refractivity contribution < 1.29 is 19.4 Å². The lowest BCUT2D eigenvalue weighted by Crippen LogP contribution is -2.04. The van der Waals surface area contributed by atoms with Gasteiger partial charge < -0.3 is 15.5 Å². The maximum Gasteiger partial charge on any atom is 0.337 e. The van der Waals surface area contributed by atoms with E-state index in [-0.39, 0.29) is 17.1 Å². The Morgan fingerprint density at radius 2 is 1.69 bits per heavy atom. The molecule has 5 heteroatoms. The van der Waals surface area contributed by atoms with E-state index in [0.717, 1.165) is 11.1 Å². The summed E-state index contributed by atoms with van der Waals surface area (Å²) < 4.78 is 13.0. The molecular weight excluding hydrogens is 333 g/mol. The van der Waals surface area contributed by atoms with E-state index >= 15 is 0 Å². The molecule has 0 aliphatic rings. The first-order valence-corrected chi connectivity index (χ1v) is 8.18. The Bertz CT molecular complexity index is 923. The summed E-state index contributed by atoms with van der Waals surface area (Å²) in [5.41, 5.74) is 2.96. The van der Waals surface area contributed by atoms with E-state index in [1.54, 1.807) is 42.5 Å². The van der Waals surface area contributed by atoms with Crippen LogP contribution in [0.1, 0.15) is 21.5 Å². The Morgan fingerprint density at radius 1 is 0.962 bits per heavy atom. The number of nitrogens with one attached hydrogen (secondary N) is 1. The van der Waals surface area contributed by atoms with Crippen molar-refractivity contribution in [3.8, 4) is 5.75 Å². The second kappa shape index (κ2) is 7.70. The summed E-state index contributed by atoms with van der Waals surface area (Å²) in [7, 11) is 0. The van der Waals surface area contributed by atoms with Crippen LogP contribution >= 0.6 is 0 Å². The highest BCUT2D eigenvalue weighted by Gasteiger charge is 2.12. The van der Waals surface area contributed by atoms with Gasteiger partial charge in [-0.15, -0.1) is 0 Å². The molecule has 0 saturated carbocycles. The lowest BCUT2D eigenvalue weighted by Gasteiger charge is -2.12. The Balaban J connectivity index is 1.82. The van der Waals surface area contributed by atoms with Gasteiger partial charge >= 0.3 is 5.97 Å². The van der Waals surface area contributed by atoms with Crippen molar-refractivity contribution in [2.75, 3.05) is 5.32 Å². The molecule has 0 heterocycles. The SMILES string of the molecule is O=C(O)c1ccc(CCc2ccccc2O)cc1Nc1ccc(F)cc1. The second-order valence-electron chi connectivity index (χ2n) is 5.95. The molecule has 0 fully saturated rings. The summed E-state index contributed by atoms with van der Waals surface area (Å²) in [5, 5.41) is 22.3. The number of phenolic OH excluding ortho intramolecular Hbond substituents is 1. The molecule has 4 nitrogen and oxygen atoms in total. The molecule has 0 aliphatic carbocycles. The van der Waals surface area contributed by atoms with Gasteiger partial charge in [0.05, 0.1) is 11.3 Å². The van der Waals surface area contributed by atoms with E-state index in [2.05, 4.69) is 5.32 Å². The standard InChI is InChI=1S/C21H18FNO3/c22-16-8-10-17(11-9-16)23-19-13-14(6-12-18(19)21(25)26)5-7-15-3-1-2-4-20(15)24/h1-4,6,8-13,23-24H,5,7H2,(H,25,26). The number of halogens is 1. The number of rotatable bonds is 6. The Labute approximate surface area is 150 Å². The van der Waals surface area contributed by atoms with E-state index in [4.69, 9.17) is 0 Å². The van der Waals surface area contributed by atoms with Gasteiger partial charge in [0.2, 0.25) is 0 Å². The molecule has 3 N–H and O–H groups in total. The minimum atomic E-state index is -1.04. The van der Waals surface area contributed by atoms with Crippen molar-refractivity contribution in [3.63, 3.8) is 0 Å². The van der Waals surface area contributed by atoms with Gasteiger partial charge in [-0.1, -0.05) is 24.3 Å². The zero-order valence-electron chi connectivity index (χ0n) is 13.9. The molecule has 0 aliphatic heterocycles. The number of carboxylic acids is 1. The number of aryl methyl sites for hydroxylation is 2. The zero-order chi connectivity index (χ0) is 18.5. The van der Waals surface area contributed by atoms with Crippen molar-refractivity contribution in [1.82, 2.24) is 0 Å². The number of aromatic hydroxyl groups is 1. The molecule has 132 valence electrons. The van der Waals surface area contributed by atoms with Crippen LogP contribution in [0, 0.1) is 5.82 Å². The fourth-order valence-corrected chi connectivity index (χ4v) is 2.73. The number of carbonyl (C=O) groups is 1. The van der Waals surface area contributed by atoms with Crippen molar-refractivity contribution in [1.29, 1.82) is 0 Å². The number of aromatic carboxylic acids is 1. The smallest absolute Gasteiger partial charge is 0.337 e. The Hall–Kier alpha value is -3.34. The molecule has 3 aromatic carbocycles. The summed E-state index contributed by atoms with van der Waals surface area (Å²) in [5.74, 6) is -1.15. The van der Waals surface area contributed by atoms with Crippen molar-refractivity contribution in [2.45, 2.75) is 12.8 Å². The minimum absolute atomic E-state index is 0.139. The van der Waals surface area contributed by atoms with Crippen LogP contribution in [-0.2, 0) is 12.8 Å². The van der Waals surface area contributed by atoms with E-state index in [0.29, 0.717) is 24.2 Å². The molecule has 0 atom stereocenters. The number of benzene rings is 3. The minimum Gasteiger partial charge on any atom is -0.508 e. The van der Waals surface area contributed by atoms with Crippen LogP contribution in [0.4, 0.5) is 15.8 Å². The summed E-state index contributed by atoms with van der Waals surface area (Å²) in [6.45, 7) is 0. The third kappa shape index (κ3) is 4.19. The van der Waals surface area contributed by atoms with Gasteiger partial charge in [0, 0.05) is 5.69 Å². The topological polar surface area (TPSA) is 69.6 Å². The number of hydrogen-bond acceptors (Lipinski definition) is 3. The highest BCUT2D eigenvalue weighted by atomic mass is 19.1. The Morgan fingerprint density at radius 3 is 2.38 bits per heavy atom. The molecule has 0 aromatic heterocycles. The summed E-state index contributed by atoms with van der Waals surface area (Å²) >= 11 is 0. The first-order valence-electron chi connectivity index (χ1n) is 8.18. The van der Waals surface area contributed by atoms with E-state index in [9.17, 15) is 19.4 Å². The van der Waals surface area contributed by atoms with Gasteiger partial charge in [-0.25, -0.2) is 9.18 Å². The van der Waals surface area contributed by atoms with Crippen molar-refractivity contribution in [2.24, 2.45) is 0 Å². The number of para-hydroxylation sites is 1. The van der Waals surface area contributed by atoms with Crippen LogP contribution in [0.15, 0.2) is 66.7 Å². The fraction of sp³-hybridized carbons (Fsp3) is 0.0952. The van der Waals surface area contributed by atoms with Crippen molar-refractivity contribution in [3.05, 3.63) is 89.2 Å². The van der Waals surface area contributed by atoms with E-state index < -0.39 is 5.97 Å². The van der Waals surface area contributed by atoms with Gasteiger partial charge in [-0.3, -0.25) is 0 Å². The van der Waals surface area contributed by atoms with Crippen LogP contribution < -0.4 is 5.32 Å². The molecule has 0 saturated heterocycles. The van der Waals surface area contributed by atoms with Crippen LogP contribution in [-0.4, -0.2) is 16.2 Å². The monoisotopic (exact) mass is 351 g/mol. The van der Waals surface area contributed by atoms with Crippen LogP contribution in [0.3, 0.4) is 0 Å². The third-order valence-corrected chi connectivity index (χ3v) is 4.11. The lowest BCUT2D eigenvalue weighted by atomic mass is 10.0. The van der Waals surface area contributed by atoms with Gasteiger partial charge in [0.1, 0.15) is 11.6 Å².